The van der Waals surface area contributed by atoms with Crippen molar-refractivity contribution in [3.63, 3.8) is 0 Å². The Labute approximate surface area is 71.2 Å². The molecule has 0 bridgehead atoms. The van der Waals surface area contributed by atoms with Crippen molar-refractivity contribution in [3.05, 3.63) is 0 Å². The van der Waals surface area contributed by atoms with Crippen LogP contribution in [0.5, 0.6) is 0 Å². The van der Waals surface area contributed by atoms with Crippen LogP contribution in [0.2, 0.25) is 0 Å². The Balaban J connectivity index is 3.67. The summed E-state index contributed by atoms with van der Waals surface area (Å²) in [5.41, 5.74) is 0. The lowest BCUT2D eigenvalue weighted by molar-refractivity contribution is -0.0986. The molecule has 0 saturated carbocycles. The zero-order valence-electron chi connectivity index (χ0n) is 7.05. The molecule has 0 aromatic carbocycles. The van der Waals surface area contributed by atoms with Crippen LogP contribution in [0.1, 0.15) is 6.92 Å². The highest BCUT2D eigenvalue weighted by Crippen LogP contribution is 2.00. The molecule has 5 heteroatoms. The van der Waals surface area contributed by atoms with Crippen LogP contribution in [0.3, 0.4) is 0 Å². The van der Waals surface area contributed by atoms with Gasteiger partial charge in [0.25, 0.3) is 0 Å². The number of aliphatic hydroxyl groups is 4. The maximum atomic E-state index is 9.10. The summed E-state index contributed by atoms with van der Waals surface area (Å²) < 4.78 is 4.81. The Morgan fingerprint density at radius 1 is 1.17 bits per heavy atom. The third-order valence-electron chi connectivity index (χ3n) is 1.47. The third kappa shape index (κ3) is 3.99. The summed E-state index contributed by atoms with van der Waals surface area (Å²) in [5.74, 6) is 0. The van der Waals surface area contributed by atoms with Gasteiger partial charge >= 0.3 is 0 Å². The molecule has 74 valence electrons. The first-order chi connectivity index (χ1) is 5.63. The number of ether oxygens (including phenoxy) is 1. The minimum absolute atomic E-state index is 0.0469. The van der Waals surface area contributed by atoms with Gasteiger partial charge < -0.3 is 25.2 Å². The largest absolute Gasteiger partial charge is 0.394 e. The smallest absolute Gasteiger partial charge is 0.110 e. The molecule has 0 aromatic heterocycles. The maximum absolute atomic E-state index is 9.10. The van der Waals surface area contributed by atoms with Crippen LogP contribution in [0.25, 0.3) is 0 Å². The lowest BCUT2D eigenvalue weighted by Crippen LogP contribution is -2.41. The summed E-state index contributed by atoms with van der Waals surface area (Å²) in [7, 11) is 0. The fourth-order valence-corrected chi connectivity index (χ4v) is 0.702. The molecular formula is C7H16O5. The zero-order valence-corrected chi connectivity index (χ0v) is 7.05. The number of rotatable bonds is 6. The standard InChI is InChI=1S/C7H16O5/c1-2-12-4-6(10)7(11)5(9)3-8/h5-11H,2-4H2,1H3. The van der Waals surface area contributed by atoms with Gasteiger partial charge in [-0.2, -0.15) is 0 Å². The molecule has 4 N–H and O–H groups in total. The second-order valence-corrected chi connectivity index (χ2v) is 2.47. The number of hydrogen-bond donors (Lipinski definition) is 4. The van der Waals surface area contributed by atoms with E-state index >= 15 is 0 Å². The summed E-state index contributed by atoms with van der Waals surface area (Å²) in [5, 5.41) is 35.5. The summed E-state index contributed by atoms with van der Waals surface area (Å²) in [6.07, 6.45) is -3.84. The normalized spacial score (nSPS) is 18.8. The molecule has 0 aliphatic heterocycles. The first-order valence-electron chi connectivity index (χ1n) is 3.86. The van der Waals surface area contributed by atoms with Crippen LogP contribution < -0.4 is 0 Å². The van der Waals surface area contributed by atoms with E-state index in [1.165, 1.54) is 0 Å². The fraction of sp³-hybridized carbons (Fsp3) is 1.00. The molecule has 12 heavy (non-hydrogen) atoms. The van der Waals surface area contributed by atoms with Crippen LogP contribution in [-0.4, -0.2) is 58.6 Å². The molecule has 0 aliphatic rings. The fourth-order valence-electron chi connectivity index (χ4n) is 0.702. The molecule has 0 spiro atoms. The van der Waals surface area contributed by atoms with Gasteiger partial charge in [0.2, 0.25) is 0 Å². The quantitative estimate of drug-likeness (QED) is 0.383. The molecule has 0 fully saturated rings. The first kappa shape index (κ1) is 11.8. The van der Waals surface area contributed by atoms with E-state index in [1.807, 2.05) is 0 Å². The average molecular weight is 180 g/mol. The highest BCUT2D eigenvalue weighted by Gasteiger charge is 2.23. The molecule has 0 rings (SSSR count). The van der Waals surface area contributed by atoms with Gasteiger partial charge in [0.1, 0.15) is 18.3 Å². The summed E-state index contributed by atoms with van der Waals surface area (Å²) in [6, 6.07) is 0. The average Bonchev–Trinajstić information content (AvgIpc) is 2.11. The molecule has 5 nitrogen and oxygen atoms in total. The van der Waals surface area contributed by atoms with Crippen molar-refractivity contribution in [2.24, 2.45) is 0 Å². The lowest BCUT2D eigenvalue weighted by Gasteiger charge is -2.20. The van der Waals surface area contributed by atoms with Crippen molar-refractivity contribution in [3.8, 4) is 0 Å². The van der Waals surface area contributed by atoms with Gasteiger partial charge in [-0.15, -0.1) is 0 Å². The Kier molecular flexibility index (Phi) is 6.23. The second-order valence-electron chi connectivity index (χ2n) is 2.47. The minimum atomic E-state index is -1.36. The molecule has 0 amide bonds. The molecular weight excluding hydrogens is 164 g/mol. The van der Waals surface area contributed by atoms with E-state index in [1.54, 1.807) is 6.92 Å². The summed E-state index contributed by atoms with van der Waals surface area (Å²) >= 11 is 0. The van der Waals surface area contributed by atoms with Crippen molar-refractivity contribution >= 4 is 0 Å². The van der Waals surface area contributed by atoms with Crippen LogP contribution in [0.15, 0.2) is 0 Å². The zero-order chi connectivity index (χ0) is 9.56. The van der Waals surface area contributed by atoms with Crippen molar-refractivity contribution in [2.45, 2.75) is 25.2 Å². The van der Waals surface area contributed by atoms with Crippen LogP contribution >= 0.6 is 0 Å². The first-order valence-corrected chi connectivity index (χ1v) is 3.86. The molecule has 0 aromatic rings. The van der Waals surface area contributed by atoms with Gasteiger partial charge in [-0.05, 0) is 6.92 Å². The van der Waals surface area contributed by atoms with E-state index in [0.29, 0.717) is 6.61 Å². The molecule has 0 heterocycles. The molecule has 0 radical (unpaired) electrons. The molecule has 0 saturated heterocycles. The highest BCUT2D eigenvalue weighted by molar-refractivity contribution is 4.73. The number of hydrogen-bond acceptors (Lipinski definition) is 5. The number of aliphatic hydroxyl groups excluding tert-OH is 4. The summed E-state index contributed by atoms with van der Waals surface area (Å²) in [6.45, 7) is 1.56. The van der Waals surface area contributed by atoms with Gasteiger partial charge in [-0.1, -0.05) is 0 Å². The van der Waals surface area contributed by atoms with E-state index < -0.39 is 24.9 Å². The Morgan fingerprint density at radius 3 is 2.17 bits per heavy atom. The van der Waals surface area contributed by atoms with E-state index in [9.17, 15) is 0 Å². The van der Waals surface area contributed by atoms with Crippen molar-refractivity contribution < 1.29 is 25.2 Å². The molecule has 3 atom stereocenters. The van der Waals surface area contributed by atoms with Crippen molar-refractivity contribution in [1.29, 1.82) is 0 Å². The third-order valence-corrected chi connectivity index (χ3v) is 1.47. The predicted molar refractivity (Wildman–Crippen MR) is 41.6 cm³/mol. The Hall–Kier alpha value is -0.200. The predicted octanol–water partition coefficient (Wildman–Crippen LogP) is -1.90. The Morgan fingerprint density at radius 2 is 1.75 bits per heavy atom. The SMILES string of the molecule is CCOCC(O)C(O)C(O)CO. The topological polar surface area (TPSA) is 90.2 Å². The monoisotopic (exact) mass is 180 g/mol. The van der Waals surface area contributed by atoms with Gasteiger partial charge in [0.15, 0.2) is 0 Å². The highest BCUT2D eigenvalue weighted by atomic mass is 16.5. The maximum Gasteiger partial charge on any atom is 0.110 e. The lowest BCUT2D eigenvalue weighted by atomic mass is 10.1. The van der Waals surface area contributed by atoms with Gasteiger partial charge in [0, 0.05) is 6.61 Å². The van der Waals surface area contributed by atoms with Gasteiger partial charge in [-0.3, -0.25) is 0 Å². The van der Waals surface area contributed by atoms with E-state index in [4.69, 9.17) is 25.2 Å². The minimum Gasteiger partial charge on any atom is -0.394 e. The van der Waals surface area contributed by atoms with Crippen LogP contribution in [-0.2, 0) is 4.74 Å². The van der Waals surface area contributed by atoms with Crippen molar-refractivity contribution in [2.75, 3.05) is 19.8 Å². The van der Waals surface area contributed by atoms with Gasteiger partial charge in [0.05, 0.1) is 13.2 Å². The van der Waals surface area contributed by atoms with Crippen molar-refractivity contribution in [1.82, 2.24) is 0 Å². The second kappa shape index (κ2) is 6.33. The van der Waals surface area contributed by atoms with E-state index in [-0.39, 0.29) is 6.61 Å². The molecule has 3 unspecified atom stereocenters. The van der Waals surface area contributed by atoms with E-state index in [0.717, 1.165) is 0 Å². The van der Waals surface area contributed by atoms with Crippen LogP contribution in [0.4, 0.5) is 0 Å². The van der Waals surface area contributed by atoms with Gasteiger partial charge in [-0.25, -0.2) is 0 Å². The van der Waals surface area contributed by atoms with E-state index in [2.05, 4.69) is 0 Å². The molecule has 0 aliphatic carbocycles. The van der Waals surface area contributed by atoms with Crippen LogP contribution in [0, 0.1) is 0 Å². The summed E-state index contributed by atoms with van der Waals surface area (Å²) in [4.78, 5) is 0. The Bertz CT molecular complexity index is 108.